The van der Waals surface area contributed by atoms with Gasteiger partial charge < -0.3 is 21.3 Å². The molecule has 5 aromatic rings. The summed E-state index contributed by atoms with van der Waals surface area (Å²) in [5.74, 6) is -0.0496. The summed E-state index contributed by atoms with van der Waals surface area (Å²) in [6, 6.07) is 22.4. The van der Waals surface area contributed by atoms with Gasteiger partial charge in [0.1, 0.15) is 5.52 Å². The number of aromatic nitrogens is 3. The van der Waals surface area contributed by atoms with Crippen LogP contribution in [0.2, 0.25) is 0 Å². The number of nitrogens with two attached hydrogens (primary N) is 1. The van der Waals surface area contributed by atoms with Crippen LogP contribution < -0.4 is 16.4 Å². The minimum absolute atomic E-state index is 0.185. The van der Waals surface area contributed by atoms with E-state index in [4.69, 9.17) is 5.73 Å². The summed E-state index contributed by atoms with van der Waals surface area (Å²) in [4.78, 5) is 36.5. The molecular formula is C31H29N7O2. The van der Waals surface area contributed by atoms with Crippen LogP contribution in [-0.4, -0.2) is 44.8 Å². The second kappa shape index (κ2) is 10.6. The number of amides is 2. The van der Waals surface area contributed by atoms with Crippen LogP contribution in [0.15, 0.2) is 85.2 Å². The van der Waals surface area contributed by atoms with Gasteiger partial charge in [0.25, 0.3) is 11.8 Å². The highest BCUT2D eigenvalue weighted by atomic mass is 16.2. The fourth-order valence-corrected chi connectivity index (χ4v) is 5.07. The number of nitrogen functional groups attached to an aromatic ring is 1. The first-order valence-electron chi connectivity index (χ1n) is 13.1. The highest BCUT2D eigenvalue weighted by Gasteiger charge is 2.15. The minimum Gasteiger partial charge on any atom is -0.369 e. The topological polar surface area (TPSA) is 118 Å². The molecule has 3 aromatic carbocycles. The Morgan fingerprint density at radius 1 is 0.950 bits per heavy atom. The van der Waals surface area contributed by atoms with E-state index in [0.717, 1.165) is 42.0 Å². The van der Waals surface area contributed by atoms with E-state index in [2.05, 4.69) is 44.7 Å². The van der Waals surface area contributed by atoms with Crippen LogP contribution in [-0.2, 0) is 19.5 Å². The molecule has 0 atom stereocenters. The highest BCUT2D eigenvalue weighted by Crippen LogP contribution is 2.24. The Labute approximate surface area is 231 Å². The van der Waals surface area contributed by atoms with Gasteiger partial charge in [-0.3, -0.25) is 19.1 Å². The van der Waals surface area contributed by atoms with Gasteiger partial charge in [0.2, 0.25) is 5.95 Å². The molecule has 0 saturated heterocycles. The van der Waals surface area contributed by atoms with Crippen LogP contribution in [0.1, 0.15) is 37.4 Å². The van der Waals surface area contributed by atoms with E-state index in [0.29, 0.717) is 29.1 Å². The summed E-state index contributed by atoms with van der Waals surface area (Å²) < 4.78 is 1.82. The second-order valence-electron chi connectivity index (χ2n) is 10.0. The molecule has 6 rings (SSSR count). The van der Waals surface area contributed by atoms with Gasteiger partial charge in [-0.15, -0.1) is 0 Å². The number of pyridine rings is 1. The highest BCUT2D eigenvalue weighted by molar-refractivity contribution is 6.04. The van der Waals surface area contributed by atoms with Gasteiger partial charge in [0.15, 0.2) is 0 Å². The first-order valence-corrected chi connectivity index (χ1v) is 13.1. The molecule has 3 heterocycles. The van der Waals surface area contributed by atoms with Gasteiger partial charge in [-0.2, -0.15) is 0 Å². The van der Waals surface area contributed by atoms with Crippen LogP contribution in [0.5, 0.6) is 0 Å². The zero-order valence-electron chi connectivity index (χ0n) is 22.1. The van der Waals surface area contributed by atoms with Crippen molar-refractivity contribution < 1.29 is 9.59 Å². The maximum atomic E-state index is 13.0. The van der Waals surface area contributed by atoms with Crippen molar-refractivity contribution in [2.24, 2.45) is 0 Å². The van der Waals surface area contributed by atoms with Gasteiger partial charge >= 0.3 is 0 Å². The molecule has 0 spiro atoms. The van der Waals surface area contributed by atoms with E-state index in [1.807, 2.05) is 41.0 Å². The van der Waals surface area contributed by atoms with E-state index in [1.165, 1.54) is 11.1 Å². The van der Waals surface area contributed by atoms with Crippen molar-refractivity contribution in [3.8, 4) is 5.69 Å². The predicted molar refractivity (Wildman–Crippen MR) is 155 cm³/mol. The lowest BCUT2D eigenvalue weighted by Crippen LogP contribution is -2.26. The van der Waals surface area contributed by atoms with Crippen molar-refractivity contribution in [1.29, 1.82) is 0 Å². The third-order valence-corrected chi connectivity index (χ3v) is 7.18. The third-order valence-electron chi connectivity index (χ3n) is 7.18. The lowest BCUT2D eigenvalue weighted by molar-refractivity contribution is 0.0950. The average molecular weight is 532 g/mol. The molecule has 0 aliphatic carbocycles. The quantitative estimate of drug-likeness (QED) is 0.303. The summed E-state index contributed by atoms with van der Waals surface area (Å²) in [7, 11) is 2.10. The lowest BCUT2D eigenvalue weighted by Gasteiger charge is -2.25. The number of nitrogens with zero attached hydrogens (tertiary/aromatic N) is 4. The van der Waals surface area contributed by atoms with Crippen LogP contribution in [0.25, 0.3) is 16.7 Å². The number of fused-ring (bicyclic) bond motifs is 2. The van der Waals surface area contributed by atoms with Crippen molar-refractivity contribution >= 4 is 34.5 Å². The third kappa shape index (κ3) is 5.14. The Morgan fingerprint density at radius 2 is 1.80 bits per heavy atom. The Balaban J connectivity index is 1.09. The largest absolute Gasteiger partial charge is 0.369 e. The minimum atomic E-state index is -0.215. The van der Waals surface area contributed by atoms with E-state index in [9.17, 15) is 9.59 Å². The molecule has 9 nitrogen and oxygen atoms in total. The normalized spacial score (nSPS) is 13.1. The zero-order chi connectivity index (χ0) is 27.6. The molecule has 0 unspecified atom stereocenters. The van der Waals surface area contributed by atoms with Gasteiger partial charge in [0.05, 0.1) is 11.7 Å². The molecule has 1 aliphatic rings. The summed E-state index contributed by atoms with van der Waals surface area (Å²) in [6.45, 7) is 2.21. The molecule has 0 saturated carbocycles. The average Bonchev–Trinajstić information content (AvgIpc) is 3.31. The van der Waals surface area contributed by atoms with Crippen LogP contribution in [0.4, 0.5) is 11.6 Å². The molecule has 1 aliphatic heterocycles. The van der Waals surface area contributed by atoms with E-state index >= 15 is 0 Å². The van der Waals surface area contributed by atoms with Crippen LogP contribution >= 0.6 is 0 Å². The van der Waals surface area contributed by atoms with Crippen molar-refractivity contribution in [2.75, 3.05) is 24.6 Å². The maximum absolute atomic E-state index is 13.0. The number of carbonyl (C=O) groups is 2. The number of hydrogen-bond donors (Lipinski definition) is 3. The number of nitrogens with one attached hydrogen (secondary N) is 2. The number of rotatable bonds is 6. The van der Waals surface area contributed by atoms with Gasteiger partial charge in [-0.1, -0.05) is 18.2 Å². The zero-order valence-corrected chi connectivity index (χ0v) is 22.1. The van der Waals surface area contributed by atoms with Gasteiger partial charge in [-0.25, -0.2) is 4.98 Å². The Hall–Kier alpha value is -5.02. The fourth-order valence-electron chi connectivity index (χ4n) is 5.07. The van der Waals surface area contributed by atoms with Crippen molar-refractivity contribution in [2.45, 2.75) is 19.5 Å². The first kappa shape index (κ1) is 25.3. The Morgan fingerprint density at radius 3 is 2.65 bits per heavy atom. The van der Waals surface area contributed by atoms with Crippen LogP contribution in [0.3, 0.4) is 0 Å². The molecule has 2 amide bonds. The van der Waals surface area contributed by atoms with E-state index in [1.54, 1.807) is 36.7 Å². The van der Waals surface area contributed by atoms with Crippen molar-refractivity contribution in [3.05, 3.63) is 113 Å². The SMILES string of the molecule is CN1CCc2ccc(NC(=O)c3cccc(CNC(=O)c4ccc(-n5c(N)nc6cnccc65)cc4)c3)cc2C1. The fraction of sp³-hybridized carbons (Fsp3) is 0.161. The molecule has 200 valence electrons. The maximum Gasteiger partial charge on any atom is 0.255 e. The van der Waals surface area contributed by atoms with Crippen molar-refractivity contribution in [1.82, 2.24) is 24.8 Å². The molecule has 2 aromatic heterocycles. The molecule has 0 fully saturated rings. The summed E-state index contributed by atoms with van der Waals surface area (Å²) in [5.41, 5.74) is 13.7. The molecule has 4 N–H and O–H groups in total. The molecule has 0 bridgehead atoms. The van der Waals surface area contributed by atoms with Gasteiger partial charge in [-0.05, 0) is 84.8 Å². The van der Waals surface area contributed by atoms with E-state index < -0.39 is 0 Å². The summed E-state index contributed by atoms with van der Waals surface area (Å²) >= 11 is 0. The smallest absolute Gasteiger partial charge is 0.255 e. The Kier molecular flexibility index (Phi) is 6.71. The standard InChI is InChI=1S/C31H29N7O2/c1-37-14-12-21-5-8-25(16-24(21)19-37)35-30(40)23-4-2-3-20(15-23)17-34-29(39)22-6-9-26(10-7-22)38-28-11-13-33-18-27(28)36-31(38)32/h2-11,13,15-16,18H,12,14,17,19H2,1H3,(H2,32,36)(H,34,39)(H,35,40). The number of hydrogen-bond acceptors (Lipinski definition) is 6. The summed E-state index contributed by atoms with van der Waals surface area (Å²) in [5, 5.41) is 5.95. The number of benzene rings is 3. The molecule has 40 heavy (non-hydrogen) atoms. The first-order chi connectivity index (χ1) is 19.4. The second-order valence-corrected chi connectivity index (χ2v) is 10.0. The number of carbonyl (C=O) groups excluding carboxylic acids is 2. The molecule has 9 heteroatoms. The monoisotopic (exact) mass is 531 g/mol. The molecular weight excluding hydrogens is 502 g/mol. The molecule has 0 radical (unpaired) electrons. The van der Waals surface area contributed by atoms with Gasteiger partial charge in [0, 0.05) is 48.3 Å². The number of imidazole rings is 1. The predicted octanol–water partition coefficient (Wildman–Crippen LogP) is 4.17. The Bertz CT molecular complexity index is 1730. The summed E-state index contributed by atoms with van der Waals surface area (Å²) in [6.07, 6.45) is 4.37. The van der Waals surface area contributed by atoms with Crippen molar-refractivity contribution in [3.63, 3.8) is 0 Å². The number of anilines is 2. The lowest BCUT2D eigenvalue weighted by atomic mass is 9.99. The number of likely N-dealkylation sites (N-methyl/N-ethyl adjacent to an activating group) is 1. The van der Waals surface area contributed by atoms with Crippen LogP contribution in [0, 0.1) is 0 Å². The van der Waals surface area contributed by atoms with E-state index in [-0.39, 0.29) is 11.8 Å².